The SMILES string of the molecule is CC(C)(C)Cc1c[nH]c2ccccc12.CC(C)(C)Cc1ccc(O)cc1.CC(C)(C)Cc1ccccc1. The summed E-state index contributed by atoms with van der Waals surface area (Å²) < 4.78 is 0. The van der Waals surface area contributed by atoms with Crippen molar-refractivity contribution < 1.29 is 5.11 Å². The van der Waals surface area contributed by atoms with E-state index in [2.05, 4.69) is 128 Å². The highest BCUT2D eigenvalue weighted by Crippen LogP contribution is 2.26. The Kier molecular flexibility index (Phi) is 10.6. The van der Waals surface area contributed by atoms with Crippen LogP contribution in [0.3, 0.4) is 0 Å². The minimum atomic E-state index is 0.316. The molecular formula is C35H49NO. The number of H-pyrrole nitrogens is 1. The largest absolute Gasteiger partial charge is 0.508 e. The van der Waals surface area contributed by atoms with E-state index in [-0.39, 0.29) is 0 Å². The monoisotopic (exact) mass is 499 g/mol. The van der Waals surface area contributed by atoms with Gasteiger partial charge in [0.2, 0.25) is 0 Å². The van der Waals surface area contributed by atoms with E-state index in [1.54, 1.807) is 12.1 Å². The van der Waals surface area contributed by atoms with E-state index in [0.717, 1.165) is 19.3 Å². The summed E-state index contributed by atoms with van der Waals surface area (Å²) in [6.07, 6.45) is 5.47. The second kappa shape index (κ2) is 13.0. The summed E-state index contributed by atoms with van der Waals surface area (Å²) in [5, 5.41) is 10.4. The molecule has 1 aromatic heterocycles. The molecule has 0 spiro atoms. The lowest BCUT2D eigenvalue weighted by Crippen LogP contribution is -2.08. The van der Waals surface area contributed by atoms with E-state index < -0.39 is 0 Å². The molecule has 0 bridgehead atoms. The predicted octanol–water partition coefficient (Wildman–Crippen LogP) is 10.0. The van der Waals surface area contributed by atoms with Crippen LogP contribution < -0.4 is 0 Å². The summed E-state index contributed by atoms with van der Waals surface area (Å²) in [5.41, 5.74) is 6.45. The molecule has 4 aromatic rings. The Morgan fingerprint density at radius 3 is 1.51 bits per heavy atom. The number of aromatic amines is 1. The molecule has 0 aliphatic rings. The number of hydrogen-bond donors (Lipinski definition) is 2. The zero-order valence-electron chi connectivity index (χ0n) is 24.7. The second-order valence-corrected chi connectivity index (χ2v) is 13.7. The number of phenols is 1. The quantitative estimate of drug-likeness (QED) is 0.289. The molecule has 0 amide bonds. The lowest BCUT2D eigenvalue weighted by atomic mass is 9.88. The Labute approximate surface area is 226 Å². The highest BCUT2D eigenvalue weighted by atomic mass is 16.3. The standard InChI is InChI=1S/C13H17N.C11H16O.C11H16/c1-13(2,3)8-10-9-14-12-7-5-4-6-11(10)12;1-11(2,3)8-9-4-6-10(12)7-5-9;1-11(2,3)9-10-7-5-4-6-8-10/h4-7,9,14H,8H2,1-3H3;4-7,12H,8H2,1-3H3;4-8H,9H2,1-3H3. The van der Waals surface area contributed by atoms with Crippen LogP contribution >= 0.6 is 0 Å². The van der Waals surface area contributed by atoms with Crippen LogP contribution in [0.2, 0.25) is 0 Å². The van der Waals surface area contributed by atoms with Crippen molar-refractivity contribution >= 4 is 10.9 Å². The molecule has 200 valence electrons. The van der Waals surface area contributed by atoms with E-state index in [1.807, 2.05) is 12.1 Å². The van der Waals surface area contributed by atoms with Gasteiger partial charge in [-0.15, -0.1) is 0 Å². The number of benzene rings is 3. The molecule has 2 N–H and O–H groups in total. The van der Waals surface area contributed by atoms with Gasteiger partial charge in [-0.3, -0.25) is 0 Å². The lowest BCUT2D eigenvalue weighted by Gasteiger charge is -2.17. The highest BCUT2D eigenvalue weighted by Gasteiger charge is 2.14. The molecule has 4 rings (SSSR count). The number of fused-ring (bicyclic) bond motifs is 1. The molecule has 0 fully saturated rings. The first-order valence-electron chi connectivity index (χ1n) is 13.5. The van der Waals surface area contributed by atoms with E-state index >= 15 is 0 Å². The van der Waals surface area contributed by atoms with Gasteiger partial charge in [0.25, 0.3) is 0 Å². The molecule has 0 aliphatic heterocycles. The summed E-state index contributed by atoms with van der Waals surface area (Å²) >= 11 is 0. The Morgan fingerprint density at radius 2 is 1.00 bits per heavy atom. The van der Waals surface area contributed by atoms with Crippen molar-refractivity contribution in [2.24, 2.45) is 16.2 Å². The third-order valence-electron chi connectivity index (χ3n) is 5.64. The average Bonchev–Trinajstić information content (AvgIpc) is 3.16. The predicted molar refractivity (Wildman–Crippen MR) is 162 cm³/mol. The van der Waals surface area contributed by atoms with E-state index in [1.165, 1.54) is 27.6 Å². The molecule has 3 aromatic carbocycles. The second-order valence-electron chi connectivity index (χ2n) is 13.7. The van der Waals surface area contributed by atoms with Crippen LogP contribution in [0, 0.1) is 16.2 Å². The zero-order valence-corrected chi connectivity index (χ0v) is 24.7. The molecule has 2 heteroatoms. The van der Waals surface area contributed by atoms with Crippen molar-refractivity contribution in [1.82, 2.24) is 4.98 Å². The van der Waals surface area contributed by atoms with Gasteiger partial charge in [0, 0.05) is 17.1 Å². The lowest BCUT2D eigenvalue weighted by molar-refractivity contribution is 0.410. The van der Waals surface area contributed by atoms with Crippen molar-refractivity contribution in [3.63, 3.8) is 0 Å². The Balaban J connectivity index is 0.000000197. The molecule has 0 atom stereocenters. The van der Waals surface area contributed by atoms with Gasteiger partial charge in [0.05, 0.1) is 0 Å². The van der Waals surface area contributed by atoms with Gasteiger partial charge < -0.3 is 10.1 Å². The van der Waals surface area contributed by atoms with Crippen LogP contribution in [0.5, 0.6) is 5.75 Å². The van der Waals surface area contributed by atoms with Gasteiger partial charge >= 0.3 is 0 Å². The molecular weight excluding hydrogens is 450 g/mol. The van der Waals surface area contributed by atoms with Gasteiger partial charge in [0.1, 0.15) is 5.75 Å². The maximum atomic E-state index is 9.05. The maximum absolute atomic E-state index is 9.05. The fourth-order valence-corrected chi connectivity index (χ4v) is 4.28. The molecule has 0 radical (unpaired) electrons. The number of rotatable bonds is 3. The molecule has 0 saturated heterocycles. The number of phenolic OH excluding ortho intramolecular Hbond substituents is 1. The first kappa shape index (κ1) is 30.2. The van der Waals surface area contributed by atoms with Gasteiger partial charge in [-0.2, -0.15) is 0 Å². The van der Waals surface area contributed by atoms with Crippen LogP contribution in [-0.4, -0.2) is 10.1 Å². The van der Waals surface area contributed by atoms with Crippen molar-refractivity contribution in [2.45, 2.75) is 81.6 Å². The van der Waals surface area contributed by atoms with Gasteiger partial charge in [0.15, 0.2) is 0 Å². The summed E-state index contributed by atoms with van der Waals surface area (Å²) in [6.45, 7) is 20.2. The summed E-state index contributed by atoms with van der Waals surface area (Å²) in [7, 11) is 0. The smallest absolute Gasteiger partial charge is 0.115 e. The van der Waals surface area contributed by atoms with E-state index in [0.29, 0.717) is 22.0 Å². The third kappa shape index (κ3) is 12.7. The molecule has 0 unspecified atom stereocenters. The minimum absolute atomic E-state index is 0.316. The van der Waals surface area contributed by atoms with Crippen LogP contribution in [-0.2, 0) is 19.3 Å². The summed E-state index contributed by atoms with van der Waals surface area (Å²) in [6, 6.07) is 26.5. The van der Waals surface area contributed by atoms with Crippen LogP contribution in [0.15, 0.2) is 85.1 Å². The van der Waals surface area contributed by atoms with Crippen molar-refractivity contribution in [2.75, 3.05) is 0 Å². The third-order valence-corrected chi connectivity index (χ3v) is 5.64. The number of nitrogens with one attached hydrogen (secondary N) is 1. The van der Waals surface area contributed by atoms with Gasteiger partial charge in [-0.25, -0.2) is 0 Å². The Bertz CT molecular complexity index is 1180. The number of aromatic hydroxyl groups is 1. The first-order valence-corrected chi connectivity index (χ1v) is 13.5. The summed E-state index contributed by atoms with van der Waals surface area (Å²) in [4.78, 5) is 3.31. The van der Waals surface area contributed by atoms with Crippen molar-refractivity contribution in [3.8, 4) is 5.75 Å². The van der Waals surface area contributed by atoms with Crippen LogP contribution in [0.25, 0.3) is 10.9 Å². The number of hydrogen-bond acceptors (Lipinski definition) is 1. The van der Waals surface area contributed by atoms with Crippen molar-refractivity contribution in [1.29, 1.82) is 0 Å². The van der Waals surface area contributed by atoms with Crippen LogP contribution in [0.1, 0.15) is 79.0 Å². The Hall–Kier alpha value is -3.00. The van der Waals surface area contributed by atoms with E-state index in [4.69, 9.17) is 5.11 Å². The molecule has 37 heavy (non-hydrogen) atoms. The van der Waals surface area contributed by atoms with Gasteiger partial charge in [-0.1, -0.05) is 123 Å². The average molecular weight is 500 g/mol. The zero-order chi connectivity index (χ0) is 27.7. The fourth-order valence-electron chi connectivity index (χ4n) is 4.28. The summed E-state index contributed by atoms with van der Waals surface area (Å²) in [5.74, 6) is 0.340. The minimum Gasteiger partial charge on any atom is -0.508 e. The number of para-hydroxylation sites is 1. The topological polar surface area (TPSA) is 36.0 Å². The molecule has 0 saturated carbocycles. The highest BCUT2D eigenvalue weighted by molar-refractivity contribution is 5.83. The van der Waals surface area contributed by atoms with Crippen molar-refractivity contribution in [3.05, 3.63) is 102 Å². The molecule has 2 nitrogen and oxygen atoms in total. The fraction of sp³-hybridized carbons (Fsp3) is 0.429. The Morgan fingerprint density at radius 1 is 0.541 bits per heavy atom. The first-order chi connectivity index (χ1) is 17.1. The number of aromatic nitrogens is 1. The van der Waals surface area contributed by atoms with Crippen LogP contribution in [0.4, 0.5) is 0 Å². The molecule has 0 aliphatic carbocycles. The normalized spacial score (nSPS) is 11.8. The maximum Gasteiger partial charge on any atom is 0.115 e. The van der Waals surface area contributed by atoms with E-state index in [9.17, 15) is 0 Å². The molecule has 1 heterocycles. The van der Waals surface area contributed by atoms with Gasteiger partial charge in [-0.05, 0) is 70.4 Å².